The topological polar surface area (TPSA) is 180 Å². The van der Waals surface area contributed by atoms with Gasteiger partial charge in [-0.2, -0.15) is 0 Å². The summed E-state index contributed by atoms with van der Waals surface area (Å²) in [6, 6.07) is 17.4. The van der Waals surface area contributed by atoms with Crippen LogP contribution in [0.15, 0.2) is 113 Å². The summed E-state index contributed by atoms with van der Waals surface area (Å²) in [6.45, 7) is 0.00469. The second-order valence-electron chi connectivity index (χ2n) is 9.54. The van der Waals surface area contributed by atoms with E-state index in [0.29, 0.717) is 43.2 Å². The Hall–Kier alpha value is -5.22. The molecule has 0 aliphatic heterocycles. The van der Waals surface area contributed by atoms with E-state index in [9.17, 15) is 14.4 Å². The average Bonchev–Trinajstić information content (AvgIpc) is 3.87. The van der Waals surface area contributed by atoms with Gasteiger partial charge in [0.1, 0.15) is 9.21 Å². The maximum Gasteiger partial charge on any atom is 0.277 e. The number of aliphatic hydroxyl groups is 1. The predicted molar refractivity (Wildman–Crippen MR) is 183 cm³/mol. The number of nitrogens with zero attached hydrogens (tertiary/aromatic N) is 6. The molecular formula is C33H28Br2N8O5. The molecule has 48 heavy (non-hydrogen) atoms. The van der Waals surface area contributed by atoms with Crippen molar-refractivity contribution in [1.82, 2.24) is 40.0 Å². The lowest BCUT2D eigenvalue weighted by atomic mass is 10.1. The molecule has 5 aromatic heterocycles. The van der Waals surface area contributed by atoms with Gasteiger partial charge in [0.05, 0.1) is 19.4 Å². The Morgan fingerprint density at radius 2 is 1.21 bits per heavy atom. The molecule has 5 heterocycles. The number of hydrogen-bond acceptors (Lipinski definition) is 10. The molecule has 0 aliphatic carbocycles. The lowest BCUT2D eigenvalue weighted by Gasteiger charge is -2.13. The lowest BCUT2D eigenvalue weighted by molar-refractivity contribution is -0.0757. The summed E-state index contributed by atoms with van der Waals surface area (Å²) < 4.78 is 1.26. The molecule has 0 saturated carbocycles. The highest BCUT2D eigenvalue weighted by Crippen LogP contribution is 2.20. The summed E-state index contributed by atoms with van der Waals surface area (Å²) >= 11 is 6.38. The monoisotopic (exact) mass is 774 g/mol. The molecule has 3 N–H and O–H groups in total. The number of hydroxylamine groups is 2. The van der Waals surface area contributed by atoms with Gasteiger partial charge in [-0.15, -0.1) is 0 Å². The molecule has 0 atom stereocenters. The first kappa shape index (κ1) is 35.6. The minimum Gasteiger partial charge on any atom is -0.392 e. The molecule has 13 nitrogen and oxygen atoms in total. The number of aliphatic hydroxyl groups excluding tert-OH is 1. The number of carbonyl (C=O) groups excluding carboxylic acids is 3. The fraction of sp³-hybridized carbons (Fsp3) is 0.0909. The number of carbonyl (C=O) groups is 3. The number of aromatic nitrogens is 7. The van der Waals surface area contributed by atoms with Gasteiger partial charge in [-0.1, -0.05) is 24.3 Å². The zero-order valence-electron chi connectivity index (χ0n) is 25.5. The number of ketones is 2. The highest BCUT2D eigenvalue weighted by molar-refractivity contribution is 9.10. The number of halogens is 2. The second-order valence-corrected chi connectivity index (χ2v) is 11.2. The minimum atomic E-state index is -0.203. The molecule has 0 unspecified atom stereocenters. The van der Waals surface area contributed by atoms with Gasteiger partial charge >= 0.3 is 0 Å². The van der Waals surface area contributed by atoms with Crippen LogP contribution in [0.3, 0.4) is 0 Å². The third kappa shape index (κ3) is 9.89. The predicted octanol–water partition coefficient (Wildman–Crippen LogP) is 5.47. The van der Waals surface area contributed by atoms with E-state index < -0.39 is 0 Å². The summed E-state index contributed by atoms with van der Waals surface area (Å²) in [6.07, 6.45) is 11.0. The van der Waals surface area contributed by atoms with Gasteiger partial charge in [-0.3, -0.25) is 24.2 Å². The SMILES string of the molecule is CON(C)C(=O)c1ccnc(Br)c1.O=C(c1ccnc(-c2ccc(CO)cc2)c1)c1ncc[nH]1.O=C(c1ccnc(Br)c1)c1ncc[nH]1. The molecule has 1 amide bonds. The molecule has 0 fully saturated rings. The molecular weight excluding hydrogens is 748 g/mol. The van der Waals surface area contributed by atoms with Crippen molar-refractivity contribution in [2.24, 2.45) is 0 Å². The average molecular weight is 776 g/mol. The molecule has 6 rings (SSSR count). The molecule has 244 valence electrons. The standard InChI is InChI=1S/C16H13N3O2.C9H6BrN3O.C8H9BrN2O2/c20-10-11-1-3-12(4-2-11)14-9-13(5-6-17-14)15(21)16-18-7-8-19-16;10-7-5-6(1-2-11-7)8(14)9-12-3-4-13-9;1-11(13-2)8(12)6-3-4-10-7(9)5-6/h1-9,20H,10H2,(H,18,19);1-5H,(H,12,13);3-5H,1-2H3. The highest BCUT2D eigenvalue weighted by Gasteiger charge is 2.14. The number of pyridine rings is 3. The van der Waals surface area contributed by atoms with Crippen molar-refractivity contribution >= 4 is 49.3 Å². The quantitative estimate of drug-likeness (QED) is 0.102. The number of rotatable bonds is 8. The molecule has 0 radical (unpaired) electrons. The summed E-state index contributed by atoms with van der Waals surface area (Å²) in [4.78, 5) is 65.7. The van der Waals surface area contributed by atoms with Crippen LogP contribution in [-0.4, -0.2) is 76.7 Å². The number of nitrogens with one attached hydrogen (secondary N) is 2. The van der Waals surface area contributed by atoms with Gasteiger partial charge in [0.25, 0.3) is 5.91 Å². The molecule has 1 aromatic carbocycles. The second kappa shape index (κ2) is 17.6. The zero-order chi connectivity index (χ0) is 34.5. The van der Waals surface area contributed by atoms with Crippen LogP contribution in [0.5, 0.6) is 0 Å². The third-order valence-electron chi connectivity index (χ3n) is 6.40. The van der Waals surface area contributed by atoms with Crippen molar-refractivity contribution in [3.05, 3.63) is 147 Å². The van der Waals surface area contributed by atoms with E-state index in [1.54, 1.807) is 86.8 Å². The van der Waals surface area contributed by atoms with Gasteiger partial charge in [-0.25, -0.2) is 25.0 Å². The minimum absolute atomic E-state index is 0.00469. The maximum atomic E-state index is 12.2. The Labute approximate surface area is 291 Å². The molecule has 15 heteroatoms. The normalized spacial score (nSPS) is 10.2. The maximum absolute atomic E-state index is 12.2. The summed E-state index contributed by atoms with van der Waals surface area (Å²) in [5.74, 6) is 0.130. The van der Waals surface area contributed by atoms with E-state index in [4.69, 9.17) is 9.94 Å². The Morgan fingerprint density at radius 3 is 1.69 bits per heavy atom. The van der Waals surface area contributed by atoms with Crippen LogP contribution in [0.4, 0.5) is 0 Å². The first-order chi connectivity index (χ1) is 23.2. The Bertz CT molecular complexity index is 1950. The number of H-pyrrole nitrogens is 2. The fourth-order valence-corrected chi connectivity index (χ4v) is 4.64. The van der Waals surface area contributed by atoms with E-state index >= 15 is 0 Å². The van der Waals surface area contributed by atoms with E-state index in [-0.39, 0.29) is 24.1 Å². The van der Waals surface area contributed by atoms with Crippen LogP contribution >= 0.6 is 31.9 Å². The number of amides is 1. The van der Waals surface area contributed by atoms with E-state index in [0.717, 1.165) is 16.2 Å². The Balaban J connectivity index is 0.000000170. The van der Waals surface area contributed by atoms with Gasteiger partial charge in [0, 0.05) is 72.7 Å². The van der Waals surface area contributed by atoms with Crippen molar-refractivity contribution in [1.29, 1.82) is 0 Å². The smallest absolute Gasteiger partial charge is 0.277 e. The number of hydrogen-bond donors (Lipinski definition) is 3. The van der Waals surface area contributed by atoms with Crippen LogP contribution in [0.1, 0.15) is 48.3 Å². The van der Waals surface area contributed by atoms with Gasteiger partial charge in [0.15, 0.2) is 11.6 Å². The molecule has 0 aliphatic rings. The first-order valence-corrected chi connectivity index (χ1v) is 15.6. The number of imidazole rings is 2. The van der Waals surface area contributed by atoms with Crippen LogP contribution in [-0.2, 0) is 11.4 Å². The van der Waals surface area contributed by atoms with Crippen molar-refractivity contribution in [2.75, 3.05) is 14.2 Å². The molecule has 0 saturated heterocycles. The lowest BCUT2D eigenvalue weighted by Crippen LogP contribution is -2.25. The Morgan fingerprint density at radius 1 is 0.708 bits per heavy atom. The zero-order valence-corrected chi connectivity index (χ0v) is 28.7. The van der Waals surface area contributed by atoms with Crippen LogP contribution in [0.2, 0.25) is 0 Å². The fourth-order valence-electron chi connectivity index (χ4n) is 3.91. The van der Waals surface area contributed by atoms with Crippen molar-refractivity contribution in [3.8, 4) is 11.3 Å². The summed E-state index contributed by atoms with van der Waals surface area (Å²) in [5, 5.41) is 10.2. The van der Waals surface area contributed by atoms with Crippen LogP contribution in [0.25, 0.3) is 11.3 Å². The molecule has 0 spiro atoms. The highest BCUT2D eigenvalue weighted by atomic mass is 79.9. The molecule has 0 bridgehead atoms. The van der Waals surface area contributed by atoms with E-state index in [1.807, 2.05) is 24.3 Å². The summed E-state index contributed by atoms with van der Waals surface area (Å²) in [7, 11) is 2.99. The van der Waals surface area contributed by atoms with Gasteiger partial charge in [-0.05, 0) is 73.8 Å². The van der Waals surface area contributed by atoms with Crippen LogP contribution < -0.4 is 0 Å². The van der Waals surface area contributed by atoms with E-state index in [1.165, 1.54) is 7.11 Å². The summed E-state index contributed by atoms with van der Waals surface area (Å²) in [5.41, 5.74) is 4.05. The third-order valence-corrected chi connectivity index (χ3v) is 7.27. The first-order valence-electron chi connectivity index (χ1n) is 14.0. The van der Waals surface area contributed by atoms with Crippen LogP contribution in [0, 0.1) is 0 Å². The Kier molecular flexibility index (Phi) is 13.1. The number of benzene rings is 1. The van der Waals surface area contributed by atoms with Gasteiger partial charge in [0.2, 0.25) is 11.6 Å². The van der Waals surface area contributed by atoms with Crippen molar-refractivity contribution < 1.29 is 24.3 Å². The van der Waals surface area contributed by atoms with E-state index in [2.05, 4.69) is 66.7 Å². The van der Waals surface area contributed by atoms with Crippen molar-refractivity contribution in [2.45, 2.75) is 6.61 Å². The van der Waals surface area contributed by atoms with Crippen molar-refractivity contribution in [3.63, 3.8) is 0 Å². The number of aromatic amines is 2. The molecule has 6 aromatic rings. The largest absolute Gasteiger partial charge is 0.392 e. The van der Waals surface area contributed by atoms with Gasteiger partial charge < -0.3 is 15.1 Å².